The van der Waals surface area contributed by atoms with E-state index in [-0.39, 0.29) is 12.0 Å². The Balaban J connectivity index is 2.18. The van der Waals surface area contributed by atoms with Crippen molar-refractivity contribution in [3.8, 4) is 0 Å². The van der Waals surface area contributed by atoms with Crippen LogP contribution in [0.1, 0.15) is 39.0 Å². The van der Waals surface area contributed by atoms with Gasteiger partial charge in [-0.05, 0) is 19.8 Å². The fraction of sp³-hybridized carbons (Fsp3) is 1.00. The zero-order valence-electron chi connectivity index (χ0n) is 11.0. The average Bonchev–Trinajstić information content (AvgIpc) is 2.37. The van der Waals surface area contributed by atoms with Crippen molar-refractivity contribution >= 4 is 0 Å². The Kier molecular flexibility index (Phi) is 7.04. The van der Waals surface area contributed by atoms with Crippen molar-refractivity contribution in [1.82, 2.24) is 5.32 Å². The lowest BCUT2D eigenvalue weighted by atomic mass is 9.74. The molecule has 17 heavy (non-hydrogen) atoms. The van der Waals surface area contributed by atoms with Crippen LogP contribution in [0.3, 0.4) is 0 Å². The van der Waals surface area contributed by atoms with Gasteiger partial charge >= 0.3 is 0 Å². The Bertz CT molecular complexity index is 193. The third-order valence-corrected chi connectivity index (χ3v) is 3.64. The van der Waals surface area contributed by atoms with E-state index in [9.17, 15) is 10.2 Å². The van der Waals surface area contributed by atoms with E-state index in [1.807, 2.05) is 6.92 Å². The normalized spacial score (nSPS) is 21.4. The maximum absolute atomic E-state index is 9.62. The Morgan fingerprint density at radius 2 is 2.00 bits per heavy atom. The van der Waals surface area contributed by atoms with Crippen LogP contribution in [0, 0.1) is 5.41 Å². The standard InChI is InChI=1S/C13H27NO3/c1-2-17-9-12(16)8-14-10-13(11-15)6-4-3-5-7-13/h12,14-16H,2-11H2,1H3. The van der Waals surface area contributed by atoms with Gasteiger partial charge in [-0.3, -0.25) is 0 Å². The van der Waals surface area contributed by atoms with Crippen LogP contribution in [0.4, 0.5) is 0 Å². The van der Waals surface area contributed by atoms with Gasteiger partial charge in [-0.15, -0.1) is 0 Å². The molecule has 4 heteroatoms. The Morgan fingerprint density at radius 1 is 1.29 bits per heavy atom. The molecule has 1 atom stereocenters. The summed E-state index contributed by atoms with van der Waals surface area (Å²) >= 11 is 0. The molecule has 1 saturated carbocycles. The van der Waals surface area contributed by atoms with Gasteiger partial charge in [-0.2, -0.15) is 0 Å². The summed E-state index contributed by atoms with van der Waals surface area (Å²) in [5, 5.41) is 22.4. The molecular formula is C13H27NO3. The van der Waals surface area contributed by atoms with E-state index in [0.717, 1.165) is 19.4 Å². The third-order valence-electron chi connectivity index (χ3n) is 3.64. The molecule has 0 saturated heterocycles. The van der Waals surface area contributed by atoms with E-state index in [2.05, 4.69) is 5.32 Å². The molecule has 0 heterocycles. The lowest BCUT2D eigenvalue weighted by molar-refractivity contribution is 0.0357. The molecule has 1 aliphatic rings. The maximum atomic E-state index is 9.62. The van der Waals surface area contributed by atoms with Crippen LogP contribution < -0.4 is 5.32 Å². The van der Waals surface area contributed by atoms with Gasteiger partial charge in [0.1, 0.15) is 0 Å². The molecular weight excluding hydrogens is 218 g/mol. The predicted molar refractivity (Wildman–Crippen MR) is 68.0 cm³/mol. The second kappa shape index (κ2) is 8.03. The van der Waals surface area contributed by atoms with Crippen molar-refractivity contribution in [3.05, 3.63) is 0 Å². The fourth-order valence-corrected chi connectivity index (χ4v) is 2.51. The average molecular weight is 245 g/mol. The number of aliphatic hydroxyl groups is 2. The van der Waals surface area contributed by atoms with E-state index in [4.69, 9.17) is 4.74 Å². The molecule has 1 unspecified atom stereocenters. The third kappa shape index (κ3) is 5.34. The summed E-state index contributed by atoms with van der Waals surface area (Å²) in [6, 6.07) is 0. The minimum atomic E-state index is -0.450. The van der Waals surface area contributed by atoms with Crippen LogP contribution >= 0.6 is 0 Å². The van der Waals surface area contributed by atoms with E-state index < -0.39 is 6.10 Å². The van der Waals surface area contributed by atoms with Crippen molar-refractivity contribution in [2.45, 2.75) is 45.1 Å². The highest BCUT2D eigenvalue weighted by Gasteiger charge is 2.30. The number of rotatable bonds is 8. The molecule has 0 aliphatic heterocycles. The molecule has 1 rings (SSSR count). The summed E-state index contributed by atoms with van der Waals surface area (Å²) < 4.78 is 5.15. The lowest BCUT2D eigenvalue weighted by Crippen LogP contribution is -2.42. The second-order valence-electron chi connectivity index (χ2n) is 5.16. The summed E-state index contributed by atoms with van der Waals surface area (Å²) in [5.74, 6) is 0. The van der Waals surface area contributed by atoms with Crippen molar-refractivity contribution < 1.29 is 14.9 Å². The maximum Gasteiger partial charge on any atom is 0.0897 e. The molecule has 0 radical (unpaired) electrons. The van der Waals surface area contributed by atoms with Crippen LogP contribution in [0.5, 0.6) is 0 Å². The fourth-order valence-electron chi connectivity index (χ4n) is 2.51. The van der Waals surface area contributed by atoms with Gasteiger partial charge in [0.05, 0.1) is 12.7 Å². The zero-order chi connectivity index (χ0) is 12.6. The van der Waals surface area contributed by atoms with Crippen LogP contribution in [0.2, 0.25) is 0 Å². The Labute approximate surface area is 104 Å². The molecule has 1 fully saturated rings. The molecule has 0 spiro atoms. The van der Waals surface area contributed by atoms with Gasteiger partial charge in [0, 0.05) is 31.7 Å². The van der Waals surface area contributed by atoms with Crippen molar-refractivity contribution in [1.29, 1.82) is 0 Å². The summed E-state index contributed by atoms with van der Waals surface area (Å²) in [5.41, 5.74) is 0.0452. The minimum absolute atomic E-state index is 0.0452. The van der Waals surface area contributed by atoms with E-state index in [1.165, 1.54) is 19.3 Å². The van der Waals surface area contributed by atoms with Crippen LogP contribution in [-0.2, 0) is 4.74 Å². The van der Waals surface area contributed by atoms with Gasteiger partial charge in [0.25, 0.3) is 0 Å². The quantitative estimate of drug-likeness (QED) is 0.595. The summed E-state index contributed by atoms with van der Waals surface area (Å²) in [4.78, 5) is 0. The topological polar surface area (TPSA) is 61.7 Å². The van der Waals surface area contributed by atoms with E-state index in [1.54, 1.807) is 0 Å². The molecule has 0 bridgehead atoms. The molecule has 0 aromatic rings. The predicted octanol–water partition coefficient (Wildman–Crippen LogP) is 0.916. The molecule has 102 valence electrons. The van der Waals surface area contributed by atoms with Crippen molar-refractivity contribution in [2.24, 2.45) is 5.41 Å². The molecule has 0 amide bonds. The smallest absolute Gasteiger partial charge is 0.0897 e. The number of hydrogen-bond donors (Lipinski definition) is 3. The van der Waals surface area contributed by atoms with Gasteiger partial charge in [-0.1, -0.05) is 19.3 Å². The second-order valence-corrected chi connectivity index (χ2v) is 5.16. The Hall–Kier alpha value is -0.160. The number of ether oxygens (including phenoxy) is 1. The lowest BCUT2D eigenvalue weighted by Gasteiger charge is -2.36. The monoisotopic (exact) mass is 245 g/mol. The first-order valence-corrected chi connectivity index (χ1v) is 6.80. The molecule has 3 N–H and O–H groups in total. The highest BCUT2D eigenvalue weighted by atomic mass is 16.5. The Morgan fingerprint density at radius 3 is 2.59 bits per heavy atom. The molecule has 0 aromatic heterocycles. The van der Waals surface area contributed by atoms with E-state index in [0.29, 0.717) is 19.8 Å². The van der Waals surface area contributed by atoms with Crippen molar-refractivity contribution in [2.75, 3.05) is 32.9 Å². The molecule has 4 nitrogen and oxygen atoms in total. The molecule has 0 aromatic carbocycles. The van der Waals surface area contributed by atoms with Gasteiger partial charge in [-0.25, -0.2) is 0 Å². The number of nitrogens with one attached hydrogen (secondary N) is 1. The van der Waals surface area contributed by atoms with Crippen molar-refractivity contribution in [3.63, 3.8) is 0 Å². The summed E-state index contributed by atoms with van der Waals surface area (Å²) in [7, 11) is 0. The SMILES string of the molecule is CCOCC(O)CNCC1(CO)CCCCC1. The van der Waals surface area contributed by atoms with Crippen LogP contribution in [-0.4, -0.2) is 49.2 Å². The zero-order valence-corrected chi connectivity index (χ0v) is 11.0. The first kappa shape index (κ1) is 14.9. The van der Waals surface area contributed by atoms with Gasteiger partial charge in [0.15, 0.2) is 0 Å². The highest BCUT2D eigenvalue weighted by molar-refractivity contribution is 4.84. The number of hydrogen-bond acceptors (Lipinski definition) is 4. The minimum Gasteiger partial charge on any atom is -0.396 e. The first-order chi connectivity index (χ1) is 8.22. The van der Waals surface area contributed by atoms with Crippen LogP contribution in [0.15, 0.2) is 0 Å². The van der Waals surface area contributed by atoms with Gasteiger partial charge < -0.3 is 20.3 Å². The van der Waals surface area contributed by atoms with Crippen LogP contribution in [0.25, 0.3) is 0 Å². The highest BCUT2D eigenvalue weighted by Crippen LogP contribution is 2.35. The number of aliphatic hydroxyl groups excluding tert-OH is 2. The molecule has 1 aliphatic carbocycles. The summed E-state index contributed by atoms with van der Waals surface area (Å²) in [6.45, 7) is 4.53. The van der Waals surface area contributed by atoms with Gasteiger partial charge in [0.2, 0.25) is 0 Å². The van der Waals surface area contributed by atoms with E-state index >= 15 is 0 Å². The largest absolute Gasteiger partial charge is 0.396 e. The first-order valence-electron chi connectivity index (χ1n) is 6.80. The summed E-state index contributed by atoms with van der Waals surface area (Å²) in [6.07, 6.45) is 5.45.